The first kappa shape index (κ1) is 10.4. The molecular formula is C11H13F2NO. The molecule has 2 nitrogen and oxygen atoms in total. The van der Waals surface area contributed by atoms with E-state index in [-0.39, 0.29) is 18.7 Å². The molecule has 0 radical (unpaired) electrons. The molecule has 1 saturated heterocycles. The van der Waals surface area contributed by atoms with E-state index in [2.05, 4.69) is 5.32 Å². The summed E-state index contributed by atoms with van der Waals surface area (Å²) in [6.45, 7) is 1.42. The first-order chi connectivity index (χ1) is 6.91. The van der Waals surface area contributed by atoms with Crippen LogP contribution in [0.4, 0.5) is 8.78 Å². The van der Waals surface area contributed by atoms with Crippen LogP contribution in [0.25, 0.3) is 0 Å². The van der Waals surface area contributed by atoms with Crippen LogP contribution < -0.4 is 5.32 Å². The van der Waals surface area contributed by atoms with Gasteiger partial charge in [-0.15, -0.1) is 0 Å². The third kappa shape index (κ3) is 1.95. The predicted molar refractivity (Wildman–Crippen MR) is 53.0 cm³/mol. The van der Waals surface area contributed by atoms with Gasteiger partial charge in [-0.2, -0.15) is 0 Å². The molecule has 1 unspecified atom stereocenters. The van der Waals surface area contributed by atoms with Gasteiger partial charge in [0.2, 0.25) is 0 Å². The molecule has 2 N–H and O–H groups in total. The van der Waals surface area contributed by atoms with Crippen molar-refractivity contribution in [2.45, 2.75) is 24.8 Å². The normalized spacial score (nSPS) is 29.3. The van der Waals surface area contributed by atoms with Crippen molar-refractivity contribution in [1.29, 1.82) is 0 Å². The maximum atomic E-state index is 13.1. The van der Waals surface area contributed by atoms with E-state index in [9.17, 15) is 13.9 Å². The molecule has 0 aliphatic carbocycles. The molecule has 1 aromatic rings. The number of nitrogens with one attached hydrogen (secondary N) is 1. The van der Waals surface area contributed by atoms with Crippen LogP contribution in [0, 0.1) is 0 Å². The average molecular weight is 213 g/mol. The van der Waals surface area contributed by atoms with Gasteiger partial charge >= 0.3 is 0 Å². The second-order valence-electron chi connectivity index (χ2n) is 4.27. The van der Waals surface area contributed by atoms with Crippen LogP contribution >= 0.6 is 0 Å². The number of rotatable bonds is 1. The molecule has 4 heteroatoms. The molecule has 1 fully saturated rings. The summed E-state index contributed by atoms with van der Waals surface area (Å²) in [7, 11) is 0. The van der Waals surface area contributed by atoms with Gasteiger partial charge in [0, 0.05) is 12.0 Å². The first-order valence-corrected chi connectivity index (χ1v) is 4.84. The van der Waals surface area contributed by atoms with E-state index < -0.39 is 11.5 Å². The zero-order valence-corrected chi connectivity index (χ0v) is 8.43. The van der Waals surface area contributed by atoms with Crippen molar-refractivity contribution in [3.05, 3.63) is 29.8 Å². The number of hydrogen-bond acceptors (Lipinski definition) is 2. The second kappa shape index (κ2) is 3.17. The lowest BCUT2D eigenvalue weighted by molar-refractivity contribution is 0.0165. The van der Waals surface area contributed by atoms with Gasteiger partial charge < -0.3 is 10.4 Å². The Morgan fingerprint density at radius 3 is 2.67 bits per heavy atom. The highest BCUT2D eigenvalue weighted by Gasteiger charge is 2.47. The zero-order valence-electron chi connectivity index (χ0n) is 8.43. The fourth-order valence-corrected chi connectivity index (χ4v) is 2.02. The van der Waals surface area contributed by atoms with Gasteiger partial charge in [0.25, 0.3) is 5.92 Å². The lowest BCUT2D eigenvalue weighted by Gasteiger charge is -2.24. The largest absolute Gasteiger partial charge is 0.508 e. The van der Waals surface area contributed by atoms with Crippen LogP contribution in [0.3, 0.4) is 0 Å². The fraction of sp³-hybridized carbons (Fsp3) is 0.455. The SMILES string of the molecule is CC1(c2cccc(O)c2)CC(F)(F)CN1. The molecule has 0 saturated carbocycles. The lowest BCUT2D eigenvalue weighted by Crippen LogP contribution is -2.32. The summed E-state index contributed by atoms with van der Waals surface area (Å²) in [6, 6.07) is 6.45. The van der Waals surface area contributed by atoms with Crippen molar-refractivity contribution in [1.82, 2.24) is 5.32 Å². The van der Waals surface area contributed by atoms with Gasteiger partial charge in [0.05, 0.1) is 6.54 Å². The van der Waals surface area contributed by atoms with Gasteiger partial charge in [-0.3, -0.25) is 0 Å². The highest BCUT2D eigenvalue weighted by atomic mass is 19.3. The van der Waals surface area contributed by atoms with Gasteiger partial charge in [-0.05, 0) is 24.6 Å². The van der Waals surface area contributed by atoms with Gasteiger partial charge in [0.15, 0.2) is 0 Å². The molecule has 2 rings (SSSR count). The number of alkyl halides is 2. The molecule has 0 aromatic heterocycles. The van der Waals surface area contributed by atoms with Gasteiger partial charge in [-0.1, -0.05) is 12.1 Å². The van der Waals surface area contributed by atoms with Crippen LogP contribution in [0.15, 0.2) is 24.3 Å². The Morgan fingerprint density at radius 2 is 2.13 bits per heavy atom. The molecule has 1 aromatic carbocycles. The third-order valence-electron chi connectivity index (χ3n) is 2.83. The summed E-state index contributed by atoms with van der Waals surface area (Å²) in [5.41, 5.74) is -0.0536. The van der Waals surface area contributed by atoms with Gasteiger partial charge in [-0.25, -0.2) is 8.78 Å². The Morgan fingerprint density at radius 1 is 1.40 bits per heavy atom. The van der Waals surface area contributed by atoms with E-state index in [0.29, 0.717) is 5.56 Å². The summed E-state index contributed by atoms with van der Waals surface area (Å²) in [4.78, 5) is 0. The number of phenolic OH excluding ortho intramolecular Hbond substituents is 1. The Labute approximate surface area is 86.9 Å². The van der Waals surface area contributed by atoms with E-state index in [1.807, 2.05) is 0 Å². The zero-order chi connectivity index (χ0) is 11.1. The van der Waals surface area contributed by atoms with Crippen LogP contribution in [0.1, 0.15) is 18.9 Å². The molecular weight excluding hydrogens is 200 g/mol. The number of benzene rings is 1. The molecule has 1 heterocycles. The minimum Gasteiger partial charge on any atom is -0.508 e. The van der Waals surface area contributed by atoms with Crippen LogP contribution in [-0.2, 0) is 5.54 Å². The summed E-state index contributed by atoms with van der Waals surface area (Å²) < 4.78 is 26.2. The molecule has 1 atom stereocenters. The molecule has 1 aliphatic rings. The molecule has 1 aliphatic heterocycles. The van der Waals surface area contributed by atoms with Crippen molar-refractivity contribution in [2.75, 3.05) is 6.54 Å². The smallest absolute Gasteiger partial charge is 0.262 e. The number of phenols is 1. The summed E-state index contributed by atoms with van der Waals surface area (Å²) in [6.07, 6.45) is -0.233. The number of halogens is 2. The first-order valence-electron chi connectivity index (χ1n) is 4.84. The molecule has 0 bridgehead atoms. The summed E-state index contributed by atoms with van der Waals surface area (Å²) in [5.74, 6) is -2.56. The van der Waals surface area contributed by atoms with E-state index in [4.69, 9.17) is 0 Å². The van der Waals surface area contributed by atoms with Crippen LogP contribution in [-0.4, -0.2) is 17.6 Å². The van der Waals surface area contributed by atoms with E-state index in [1.54, 1.807) is 19.1 Å². The van der Waals surface area contributed by atoms with Crippen molar-refractivity contribution >= 4 is 0 Å². The van der Waals surface area contributed by atoms with Crippen molar-refractivity contribution in [2.24, 2.45) is 0 Å². The molecule has 15 heavy (non-hydrogen) atoms. The average Bonchev–Trinajstić information content (AvgIpc) is 2.42. The van der Waals surface area contributed by atoms with Crippen LogP contribution in [0.5, 0.6) is 5.75 Å². The lowest BCUT2D eigenvalue weighted by atomic mass is 9.90. The van der Waals surface area contributed by atoms with Gasteiger partial charge in [0.1, 0.15) is 5.75 Å². The quantitative estimate of drug-likeness (QED) is 0.749. The maximum Gasteiger partial charge on any atom is 0.262 e. The minimum atomic E-state index is -2.67. The monoisotopic (exact) mass is 213 g/mol. The predicted octanol–water partition coefficient (Wildman–Crippen LogP) is 2.24. The molecule has 0 amide bonds. The summed E-state index contributed by atoms with van der Waals surface area (Å²) >= 11 is 0. The van der Waals surface area contributed by atoms with E-state index in [1.165, 1.54) is 12.1 Å². The fourth-order valence-electron chi connectivity index (χ4n) is 2.02. The maximum absolute atomic E-state index is 13.1. The van der Waals surface area contributed by atoms with Crippen molar-refractivity contribution in [3.8, 4) is 5.75 Å². The van der Waals surface area contributed by atoms with Crippen molar-refractivity contribution < 1.29 is 13.9 Å². The second-order valence-corrected chi connectivity index (χ2v) is 4.27. The Bertz CT molecular complexity index is 381. The highest BCUT2D eigenvalue weighted by molar-refractivity contribution is 5.33. The molecule has 0 spiro atoms. The standard InChI is InChI=1S/C11H13F2NO/c1-10(6-11(12,13)7-14-10)8-3-2-4-9(15)5-8/h2-5,14-15H,6-7H2,1H3. The Hall–Kier alpha value is -1.16. The number of hydrogen-bond donors (Lipinski definition) is 2. The topological polar surface area (TPSA) is 32.3 Å². The van der Waals surface area contributed by atoms with E-state index in [0.717, 1.165) is 0 Å². The minimum absolute atomic E-state index is 0.103. The number of aromatic hydroxyl groups is 1. The van der Waals surface area contributed by atoms with Crippen molar-refractivity contribution in [3.63, 3.8) is 0 Å². The van der Waals surface area contributed by atoms with E-state index >= 15 is 0 Å². The Balaban J connectivity index is 2.31. The third-order valence-corrected chi connectivity index (χ3v) is 2.83. The summed E-state index contributed by atoms with van der Waals surface area (Å²) in [5, 5.41) is 12.1. The Kier molecular flexibility index (Phi) is 2.19. The van der Waals surface area contributed by atoms with Crippen LogP contribution in [0.2, 0.25) is 0 Å². The highest BCUT2D eigenvalue weighted by Crippen LogP contribution is 2.39. The molecule has 82 valence electrons.